The lowest BCUT2D eigenvalue weighted by Crippen LogP contribution is -2.23. The van der Waals surface area contributed by atoms with Crippen molar-refractivity contribution in [2.75, 3.05) is 37.0 Å². The van der Waals surface area contributed by atoms with Gasteiger partial charge in [-0.15, -0.1) is 0 Å². The zero-order valence-corrected chi connectivity index (χ0v) is 12.5. The Hall–Kier alpha value is -1.11. The van der Waals surface area contributed by atoms with Crippen molar-refractivity contribution < 1.29 is 14.6 Å². The van der Waals surface area contributed by atoms with Gasteiger partial charge in [-0.3, -0.25) is 4.79 Å². The number of hydrogen-bond acceptors (Lipinski definition) is 4. The number of hydrogen-bond donors (Lipinski definition) is 2. The number of aliphatic hydroxyl groups is 1. The largest absolute Gasteiger partial charge is 0.380 e. The highest BCUT2D eigenvalue weighted by molar-refractivity contribution is 9.10. The van der Waals surface area contributed by atoms with Crippen molar-refractivity contribution in [1.29, 1.82) is 0 Å². The van der Waals surface area contributed by atoms with Crippen LogP contribution >= 0.6 is 15.9 Å². The lowest BCUT2D eigenvalue weighted by Gasteiger charge is -2.21. The molecule has 19 heavy (non-hydrogen) atoms. The first-order valence-electron chi connectivity index (χ1n) is 6.15. The number of carbonyl (C=O) groups is 1. The summed E-state index contributed by atoms with van der Waals surface area (Å²) in [5.41, 5.74) is 2.23. The van der Waals surface area contributed by atoms with E-state index in [0.717, 1.165) is 16.7 Å². The van der Waals surface area contributed by atoms with E-state index in [9.17, 15) is 9.90 Å². The molecule has 0 radical (unpaired) electrons. The van der Waals surface area contributed by atoms with Gasteiger partial charge in [-0.2, -0.15) is 0 Å². The van der Waals surface area contributed by atoms with Crippen LogP contribution in [0.25, 0.3) is 0 Å². The van der Waals surface area contributed by atoms with Crippen LogP contribution in [0, 0.1) is 0 Å². The Morgan fingerprint density at radius 1 is 1.53 bits per heavy atom. The monoisotopic (exact) mass is 328 g/mol. The quantitative estimate of drug-likeness (QED) is 0.810. The normalized spacial score (nSPS) is 17.3. The average Bonchev–Trinajstić information content (AvgIpc) is 2.65. The number of benzene rings is 1. The molecule has 6 heteroatoms. The van der Waals surface area contributed by atoms with Gasteiger partial charge in [0.05, 0.1) is 12.3 Å². The second kappa shape index (κ2) is 5.90. The van der Waals surface area contributed by atoms with Crippen molar-refractivity contribution in [2.24, 2.45) is 0 Å². The van der Waals surface area contributed by atoms with E-state index >= 15 is 0 Å². The lowest BCUT2D eigenvalue weighted by molar-refractivity contribution is -0.123. The zero-order chi connectivity index (χ0) is 14.0. The summed E-state index contributed by atoms with van der Waals surface area (Å²) >= 11 is 3.47. The van der Waals surface area contributed by atoms with Crippen LogP contribution in [0.1, 0.15) is 18.6 Å². The first kappa shape index (κ1) is 14.3. The Bertz CT molecular complexity index is 493. The van der Waals surface area contributed by atoms with Gasteiger partial charge in [0, 0.05) is 35.9 Å². The van der Waals surface area contributed by atoms with Gasteiger partial charge in [0.2, 0.25) is 0 Å². The van der Waals surface area contributed by atoms with E-state index in [1.54, 1.807) is 6.07 Å². The summed E-state index contributed by atoms with van der Waals surface area (Å²) in [5.74, 6) is -0.379. The minimum Gasteiger partial charge on any atom is -0.380 e. The number of halogens is 1. The number of likely N-dealkylation sites (N-methyl/N-ethyl adjacent to an activating group) is 1. The van der Waals surface area contributed by atoms with Crippen molar-refractivity contribution in [1.82, 2.24) is 0 Å². The summed E-state index contributed by atoms with van der Waals surface area (Å²) in [6, 6.07) is 3.64. The van der Waals surface area contributed by atoms with Crippen molar-refractivity contribution in [3.8, 4) is 0 Å². The number of amides is 1. The summed E-state index contributed by atoms with van der Waals surface area (Å²) in [7, 11) is 1.96. The molecule has 0 fully saturated rings. The van der Waals surface area contributed by atoms with Crippen LogP contribution in [0.4, 0.5) is 11.4 Å². The molecule has 1 aliphatic heterocycles. The van der Waals surface area contributed by atoms with E-state index in [0.29, 0.717) is 24.5 Å². The molecule has 1 aromatic carbocycles. The van der Waals surface area contributed by atoms with E-state index < -0.39 is 6.10 Å². The Balaban J connectivity index is 2.19. The summed E-state index contributed by atoms with van der Waals surface area (Å²) in [5, 5.41) is 12.4. The van der Waals surface area contributed by atoms with E-state index in [1.807, 2.05) is 24.9 Å². The number of nitrogens with zero attached hydrogens (tertiary/aromatic N) is 1. The van der Waals surface area contributed by atoms with Gasteiger partial charge < -0.3 is 20.1 Å². The van der Waals surface area contributed by atoms with Crippen molar-refractivity contribution in [3.63, 3.8) is 0 Å². The number of ether oxygens (including phenoxy) is 1. The lowest BCUT2D eigenvalue weighted by atomic mass is 10.1. The van der Waals surface area contributed by atoms with Crippen LogP contribution in [0.2, 0.25) is 0 Å². The van der Waals surface area contributed by atoms with Crippen LogP contribution in [0.15, 0.2) is 16.6 Å². The molecule has 0 aliphatic carbocycles. The third-order valence-electron chi connectivity index (χ3n) is 3.11. The molecule has 2 N–H and O–H groups in total. The average molecular weight is 329 g/mol. The van der Waals surface area contributed by atoms with Crippen molar-refractivity contribution in [3.05, 3.63) is 22.2 Å². The molecule has 1 amide bonds. The molecule has 0 spiro atoms. The van der Waals surface area contributed by atoms with Crippen molar-refractivity contribution in [2.45, 2.75) is 13.0 Å². The summed E-state index contributed by atoms with van der Waals surface area (Å²) in [6.45, 7) is 4.05. The van der Waals surface area contributed by atoms with Gasteiger partial charge in [-0.05, 0) is 35.0 Å². The first-order chi connectivity index (χ1) is 9.04. The number of fused-ring (bicyclic) bond motifs is 1. The number of carbonyl (C=O) groups excluding carboxylic acids is 1. The molecule has 1 aromatic rings. The van der Waals surface area contributed by atoms with E-state index in [-0.39, 0.29) is 5.91 Å². The molecule has 1 heterocycles. The third kappa shape index (κ3) is 2.91. The van der Waals surface area contributed by atoms with Gasteiger partial charge in [0.1, 0.15) is 0 Å². The van der Waals surface area contributed by atoms with E-state index in [2.05, 4.69) is 21.2 Å². The second-order valence-electron chi connectivity index (χ2n) is 4.40. The van der Waals surface area contributed by atoms with Crippen LogP contribution in [0.3, 0.4) is 0 Å². The maximum Gasteiger partial charge on any atom is 0.257 e. The summed E-state index contributed by atoms with van der Waals surface area (Å²) in [6.07, 6.45) is -1.07. The van der Waals surface area contributed by atoms with Gasteiger partial charge >= 0.3 is 0 Å². The predicted octanol–water partition coefficient (Wildman–Crippen LogP) is 1.91. The first-order valence-corrected chi connectivity index (χ1v) is 6.95. The minimum atomic E-state index is -1.07. The summed E-state index contributed by atoms with van der Waals surface area (Å²) in [4.78, 5) is 13.5. The maximum atomic E-state index is 11.4. The molecule has 1 unspecified atom stereocenters. The molecule has 0 bridgehead atoms. The van der Waals surface area contributed by atoms with Gasteiger partial charge in [-0.25, -0.2) is 0 Å². The Labute approximate surface area is 120 Å². The molecule has 0 saturated carbocycles. The standard InChI is InChI=1S/C13H17BrN2O3/c1-3-19-5-4-16(2)11-7-10-8(6-9(11)14)12(17)13(18)15-10/h6-7,12,17H,3-5H2,1-2H3,(H,15,18). The highest BCUT2D eigenvalue weighted by atomic mass is 79.9. The fourth-order valence-corrected chi connectivity index (χ4v) is 2.68. The third-order valence-corrected chi connectivity index (χ3v) is 3.74. The maximum absolute atomic E-state index is 11.4. The van der Waals surface area contributed by atoms with Gasteiger partial charge in [0.15, 0.2) is 6.10 Å². The Morgan fingerprint density at radius 3 is 2.95 bits per heavy atom. The second-order valence-corrected chi connectivity index (χ2v) is 5.26. The number of nitrogens with one attached hydrogen (secondary N) is 1. The van der Waals surface area contributed by atoms with E-state index in [1.165, 1.54) is 0 Å². The Kier molecular flexibility index (Phi) is 4.44. The molecular weight excluding hydrogens is 312 g/mol. The molecule has 1 aliphatic rings. The summed E-state index contributed by atoms with van der Waals surface area (Å²) < 4.78 is 6.17. The van der Waals surface area contributed by atoms with E-state index in [4.69, 9.17) is 4.74 Å². The van der Waals surface area contributed by atoms with Crippen molar-refractivity contribution >= 4 is 33.2 Å². The molecule has 1 atom stereocenters. The van der Waals surface area contributed by atoms with Gasteiger partial charge in [0.25, 0.3) is 5.91 Å². The van der Waals surface area contributed by atoms with Crippen LogP contribution in [0.5, 0.6) is 0 Å². The molecule has 5 nitrogen and oxygen atoms in total. The molecular formula is C13H17BrN2O3. The topological polar surface area (TPSA) is 61.8 Å². The molecule has 104 valence electrons. The molecule has 2 rings (SSSR count). The molecule has 0 saturated heterocycles. The van der Waals surface area contributed by atoms with Crippen LogP contribution in [-0.2, 0) is 9.53 Å². The van der Waals surface area contributed by atoms with Crippen LogP contribution < -0.4 is 10.2 Å². The number of rotatable bonds is 5. The fraction of sp³-hybridized carbons (Fsp3) is 0.462. The minimum absolute atomic E-state index is 0.379. The zero-order valence-electron chi connectivity index (χ0n) is 10.9. The smallest absolute Gasteiger partial charge is 0.257 e. The highest BCUT2D eigenvalue weighted by Gasteiger charge is 2.29. The fourth-order valence-electron chi connectivity index (χ4n) is 2.01. The number of aliphatic hydroxyl groups excluding tert-OH is 1. The highest BCUT2D eigenvalue weighted by Crippen LogP contribution is 2.38. The predicted molar refractivity (Wildman–Crippen MR) is 77.5 cm³/mol. The van der Waals surface area contributed by atoms with Gasteiger partial charge in [-0.1, -0.05) is 0 Å². The SMILES string of the molecule is CCOCCN(C)c1cc2c(cc1Br)C(O)C(=O)N2. The number of anilines is 2. The molecule has 0 aromatic heterocycles. The Morgan fingerprint density at radius 2 is 2.26 bits per heavy atom. The van der Waals surface area contributed by atoms with Crippen LogP contribution in [-0.4, -0.2) is 37.8 Å².